The van der Waals surface area contributed by atoms with Gasteiger partial charge in [0.15, 0.2) is 9.84 Å². The van der Waals surface area contributed by atoms with Gasteiger partial charge in [-0.15, -0.1) is 11.6 Å². The molecule has 2 heterocycles. The number of imidazole rings is 1. The lowest BCUT2D eigenvalue weighted by Crippen LogP contribution is -2.23. The second-order valence-electron chi connectivity index (χ2n) is 5.44. The summed E-state index contributed by atoms with van der Waals surface area (Å²) in [5.41, 5.74) is 1.52. The van der Waals surface area contributed by atoms with E-state index >= 15 is 0 Å². The number of alkyl halides is 1. The minimum absolute atomic E-state index is 0.268. The summed E-state index contributed by atoms with van der Waals surface area (Å²) in [5, 5.41) is -0.114. The number of hydrogen-bond acceptors (Lipinski definition) is 3. The molecule has 7 heteroatoms. The molecule has 0 saturated carbocycles. The zero-order valence-corrected chi connectivity index (χ0v) is 13.9. The van der Waals surface area contributed by atoms with E-state index in [4.69, 9.17) is 23.2 Å². The van der Waals surface area contributed by atoms with Gasteiger partial charge >= 0.3 is 0 Å². The summed E-state index contributed by atoms with van der Waals surface area (Å²) < 4.78 is 26.1. The smallest absolute Gasteiger partial charge is 0.154 e. The van der Waals surface area contributed by atoms with Gasteiger partial charge in [-0.3, -0.25) is 0 Å². The molecule has 1 fully saturated rings. The number of rotatable bonds is 3. The maximum absolute atomic E-state index is 12.1. The normalized spacial score (nSPS) is 22.7. The summed E-state index contributed by atoms with van der Waals surface area (Å²) in [4.78, 5) is 4.51. The Bertz CT molecular complexity index is 784. The van der Waals surface area contributed by atoms with Gasteiger partial charge in [0.2, 0.25) is 0 Å². The minimum atomic E-state index is -3.02. The summed E-state index contributed by atoms with van der Waals surface area (Å²) in [6, 6.07) is 5.48. The summed E-state index contributed by atoms with van der Waals surface area (Å²) in [7, 11) is -3.02. The Balaban J connectivity index is 2.14. The van der Waals surface area contributed by atoms with E-state index in [0.717, 1.165) is 17.5 Å². The molecule has 0 N–H and O–H groups in total. The molecule has 1 saturated heterocycles. The molecule has 0 radical (unpaired) electrons. The van der Waals surface area contributed by atoms with E-state index in [1.165, 1.54) is 0 Å². The van der Waals surface area contributed by atoms with E-state index < -0.39 is 9.84 Å². The average molecular weight is 347 g/mol. The van der Waals surface area contributed by atoms with Crippen LogP contribution in [0.25, 0.3) is 11.0 Å². The quantitative estimate of drug-likeness (QED) is 0.798. The molecule has 2 atom stereocenters. The van der Waals surface area contributed by atoms with Crippen LogP contribution in [0.4, 0.5) is 0 Å². The first-order chi connectivity index (χ1) is 9.90. The Kier molecular flexibility index (Phi) is 3.93. The third kappa shape index (κ3) is 2.67. The fraction of sp³-hybridized carbons (Fsp3) is 0.500. The summed E-state index contributed by atoms with van der Waals surface area (Å²) in [6.45, 7) is 2.20. The number of benzene rings is 1. The molecule has 1 aromatic heterocycles. The summed E-state index contributed by atoms with van der Waals surface area (Å²) in [6.07, 6.45) is 1.40. The topological polar surface area (TPSA) is 52.0 Å². The van der Waals surface area contributed by atoms with Crippen molar-refractivity contribution in [1.82, 2.24) is 9.55 Å². The Labute approximate surface area is 134 Å². The van der Waals surface area contributed by atoms with Crippen LogP contribution in [0.5, 0.6) is 0 Å². The maximum atomic E-state index is 12.1. The molecule has 21 heavy (non-hydrogen) atoms. The SMILES string of the molecule is CC(Cl)c1nc2cccc(Cl)c2n1CC1CCCS1(=O)=O. The predicted octanol–water partition coefficient (Wildman–Crippen LogP) is 3.57. The van der Waals surface area contributed by atoms with Crippen molar-refractivity contribution in [2.24, 2.45) is 0 Å². The zero-order chi connectivity index (χ0) is 15.2. The second kappa shape index (κ2) is 5.45. The fourth-order valence-electron chi connectivity index (χ4n) is 2.92. The van der Waals surface area contributed by atoms with Crippen LogP contribution < -0.4 is 0 Å². The van der Waals surface area contributed by atoms with Crippen molar-refractivity contribution in [1.29, 1.82) is 0 Å². The second-order valence-corrected chi connectivity index (χ2v) is 8.90. The van der Waals surface area contributed by atoms with Gasteiger partial charge in [-0.05, 0) is 31.9 Å². The van der Waals surface area contributed by atoms with E-state index in [1.54, 1.807) is 6.07 Å². The van der Waals surface area contributed by atoms with Crippen molar-refractivity contribution in [2.75, 3.05) is 5.75 Å². The molecule has 3 rings (SSSR count). The van der Waals surface area contributed by atoms with Gasteiger partial charge < -0.3 is 4.57 Å². The third-order valence-electron chi connectivity index (χ3n) is 3.95. The van der Waals surface area contributed by atoms with Gasteiger partial charge in [-0.2, -0.15) is 0 Å². The molecule has 0 bridgehead atoms. The van der Waals surface area contributed by atoms with Crippen LogP contribution >= 0.6 is 23.2 Å². The first-order valence-corrected chi connectivity index (χ1v) is 9.43. The van der Waals surface area contributed by atoms with Crippen LogP contribution in [0.15, 0.2) is 18.2 Å². The maximum Gasteiger partial charge on any atom is 0.154 e. The molecular formula is C14H16Cl2N2O2S. The first-order valence-electron chi connectivity index (χ1n) is 6.90. The van der Waals surface area contributed by atoms with Crippen LogP contribution in [0.2, 0.25) is 5.02 Å². The highest BCUT2D eigenvalue weighted by atomic mass is 35.5. The van der Waals surface area contributed by atoms with Crippen molar-refractivity contribution in [3.8, 4) is 0 Å². The highest BCUT2D eigenvalue weighted by Gasteiger charge is 2.33. The fourth-order valence-corrected chi connectivity index (χ4v) is 5.16. The van der Waals surface area contributed by atoms with Gasteiger partial charge in [0.25, 0.3) is 0 Å². The average Bonchev–Trinajstić information content (AvgIpc) is 2.92. The number of para-hydroxylation sites is 1. The van der Waals surface area contributed by atoms with Crippen molar-refractivity contribution < 1.29 is 8.42 Å². The monoisotopic (exact) mass is 346 g/mol. The number of sulfone groups is 1. The van der Waals surface area contributed by atoms with Crippen molar-refractivity contribution >= 4 is 44.1 Å². The highest BCUT2D eigenvalue weighted by Crippen LogP contribution is 2.31. The molecule has 0 aliphatic carbocycles. The number of nitrogens with zero attached hydrogens (tertiary/aromatic N) is 2. The Hall–Kier alpha value is -0.780. The van der Waals surface area contributed by atoms with Crippen molar-refractivity contribution in [3.63, 3.8) is 0 Å². The molecule has 1 aliphatic heterocycles. The Morgan fingerprint density at radius 3 is 2.86 bits per heavy atom. The van der Waals surface area contributed by atoms with E-state index in [9.17, 15) is 8.42 Å². The molecule has 0 amide bonds. The lowest BCUT2D eigenvalue weighted by atomic mass is 10.2. The standard InChI is InChI=1S/C14H16Cl2N2O2S/c1-9(15)14-17-12-6-2-5-11(16)13(12)18(14)8-10-4-3-7-21(10,19)20/h2,5-6,9-10H,3-4,7-8H2,1H3. The minimum Gasteiger partial charge on any atom is -0.324 e. The first kappa shape index (κ1) is 15.1. The molecule has 1 aliphatic rings. The molecule has 0 spiro atoms. The van der Waals surface area contributed by atoms with E-state index in [1.807, 2.05) is 23.6 Å². The van der Waals surface area contributed by atoms with Gasteiger partial charge in [-0.25, -0.2) is 13.4 Å². The van der Waals surface area contributed by atoms with Gasteiger partial charge in [-0.1, -0.05) is 17.7 Å². The summed E-state index contributed by atoms with van der Waals surface area (Å²) >= 11 is 12.5. The molecule has 2 aromatic rings. The Morgan fingerprint density at radius 1 is 1.48 bits per heavy atom. The third-order valence-corrected chi connectivity index (χ3v) is 6.71. The molecule has 4 nitrogen and oxygen atoms in total. The molecule has 114 valence electrons. The Morgan fingerprint density at radius 2 is 2.24 bits per heavy atom. The van der Waals surface area contributed by atoms with Crippen molar-refractivity contribution in [3.05, 3.63) is 29.0 Å². The number of fused-ring (bicyclic) bond motifs is 1. The lowest BCUT2D eigenvalue weighted by molar-refractivity contribution is 0.562. The van der Waals surface area contributed by atoms with Crippen LogP contribution in [0.3, 0.4) is 0 Å². The molecule has 2 unspecified atom stereocenters. The number of halogens is 2. The van der Waals surface area contributed by atoms with Crippen LogP contribution in [-0.4, -0.2) is 29.0 Å². The zero-order valence-electron chi connectivity index (χ0n) is 11.6. The van der Waals surface area contributed by atoms with Gasteiger partial charge in [0.1, 0.15) is 5.82 Å². The largest absolute Gasteiger partial charge is 0.324 e. The van der Waals surface area contributed by atoms with E-state index in [2.05, 4.69) is 4.98 Å². The highest BCUT2D eigenvalue weighted by molar-refractivity contribution is 7.92. The molecular weight excluding hydrogens is 331 g/mol. The van der Waals surface area contributed by atoms with Gasteiger partial charge in [0, 0.05) is 6.54 Å². The van der Waals surface area contributed by atoms with E-state index in [-0.39, 0.29) is 16.4 Å². The summed E-state index contributed by atoms with van der Waals surface area (Å²) in [5.74, 6) is 0.936. The molecule has 1 aromatic carbocycles. The van der Waals surface area contributed by atoms with Crippen molar-refractivity contribution in [2.45, 2.75) is 36.9 Å². The van der Waals surface area contributed by atoms with Crippen LogP contribution in [0.1, 0.15) is 31.0 Å². The predicted molar refractivity (Wildman–Crippen MR) is 85.8 cm³/mol. The number of aromatic nitrogens is 2. The van der Waals surface area contributed by atoms with Crippen LogP contribution in [0, 0.1) is 0 Å². The van der Waals surface area contributed by atoms with Crippen LogP contribution in [-0.2, 0) is 16.4 Å². The lowest BCUT2D eigenvalue weighted by Gasteiger charge is -2.15. The van der Waals surface area contributed by atoms with Gasteiger partial charge in [0.05, 0.1) is 32.4 Å². The van der Waals surface area contributed by atoms with E-state index in [0.29, 0.717) is 23.8 Å². The number of hydrogen-bond donors (Lipinski definition) is 0.